The smallest absolute Gasteiger partial charge is 0.0540 e. The summed E-state index contributed by atoms with van der Waals surface area (Å²) >= 11 is 0. The highest BCUT2D eigenvalue weighted by Gasteiger charge is 2.01. The molecule has 1 N–H and O–H groups in total. The van der Waals surface area contributed by atoms with Crippen molar-refractivity contribution >= 4 is 0 Å². The van der Waals surface area contributed by atoms with Crippen LogP contribution in [-0.4, -0.2) is 11.2 Å². The maximum absolute atomic E-state index is 9.70. The lowest BCUT2D eigenvalue weighted by Crippen LogP contribution is -2.05. The van der Waals surface area contributed by atoms with Crippen LogP contribution in [0.2, 0.25) is 0 Å². The summed E-state index contributed by atoms with van der Waals surface area (Å²) in [6, 6.07) is 0. The summed E-state index contributed by atoms with van der Waals surface area (Å²) in [6.45, 7) is 4.44. The molecule has 0 saturated carbocycles. The van der Waals surface area contributed by atoms with E-state index < -0.39 is 0 Å². The van der Waals surface area contributed by atoms with Gasteiger partial charge in [0.15, 0.2) is 0 Å². The molecule has 0 aromatic rings. The molecule has 1 nitrogen and oxygen atoms in total. The first-order valence-corrected chi connectivity index (χ1v) is 8.64. The van der Waals surface area contributed by atoms with Crippen molar-refractivity contribution in [3.8, 4) is 0 Å². The Bertz CT molecular complexity index is 186. The summed E-state index contributed by atoms with van der Waals surface area (Å²) in [5.41, 5.74) is 0. The van der Waals surface area contributed by atoms with E-state index in [0.717, 1.165) is 32.1 Å². The molecule has 0 bridgehead atoms. The van der Waals surface area contributed by atoms with Crippen molar-refractivity contribution < 1.29 is 5.11 Å². The molecule has 0 aliphatic rings. The summed E-state index contributed by atoms with van der Waals surface area (Å²) in [7, 11) is 0. The SMILES string of the molecule is CCCCCCCC/C=C\CCCC(O)CCCC. The zero-order chi connectivity index (χ0) is 14.2. The molecule has 0 fully saturated rings. The van der Waals surface area contributed by atoms with E-state index in [1.165, 1.54) is 51.4 Å². The van der Waals surface area contributed by atoms with Gasteiger partial charge in [-0.3, -0.25) is 0 Å². The Morgan fingerprint density at radius 2 is 1.21 bits per heavy atom. The monoisotopic (exact) mass is 268 g/mol. The van der Waals surface area contributed by atoms with Gasteiger partial charge in [0.05, 0.1) is 6.10 Å². The van der Waals surface area contributed by atoms with Gasteiger partial charge >= 0.3 is 0 Å². The lowest BCUT2D eigenvalue weighted by atomic mass is 10.1. The molecule has 0 saturated heterocycles. The largest absolute Gasteiger partial charge is 0.393 e. The van der Waals surface area contributed by atoms with Gasteiger partial charge < -0.3 is 5.11 Å². The summed E-state index contributed by atoms with van der Waals surface area (Å²) in [4.78, 5) is 0. The van der Waals surface area contributed by atoms with Crippen LogP contribution in [0.5, 0.6) is 0 Å². The summed E-state index contributed by atoms with van der Waals surface area (Å²) in [5.74, 6) is 0. The van der Waals surface area contributed by atoms with E-state index in [9.17, 15) is 5.11 Å². The predicted molar refractivity (Wildman–Crippen MR) is 86.5 cm³/mol. The molecule has 1 heteroatoms. The van der Waals surface area contributed by atoms with E-state index in [2.05, 4.69) is 26.0 Å². The molecule has 0 spiro atoms. The first kappa shape index (κ1) is 18.7. The average molecular weight is 268 g/mol. The molecule has 0 radical (unpaired) electrons. The Labute approximate surface area is 121 Å². The third-order valence-corrected chi connectivity index (χ3v) is 3.69. The molecule has 0 aliphatic carbocycles. The molecule has 1 atom stereocenters. The van der Waals surface area contributed by atoms with Gasteiger partial charge in [0, 0.05) is 0 Å². The molecular weight excluding hydrogens is 232 g/mol. The van der Waals surface area contributed by atoms with Crippen LogP contribution in [-0.2, 0) is 0 Å². The highest BCUT2D eigenvalue weighted by Crippen LogP contribution is 2.10. The minimum atomic E-state index is -0.0630. The third kappa shape index (κ3) is 15.6. The molecule has 0 heterocycles. The van der Waals surface area contributed by atoms with Crippen LogP contribution >= 0.6 is 0 Å². The number of rotatable bonds is 14. The zero-order valence-electron chi connectivity index (χ0n) is 13.4. The lowest BCUT2D eigenvalue weighted by molar-refractivity contribution is 0.149. The van der Waals surface area contributed by atoms with E-state index in [-0.39, 0.29) is 6.10 Å². The van der Waals surface area contributed by atoms with Crippen molar-refractivity contribution in [2.24, 2.45) is 0 Å². The maximum Gasteiger partial charge on any atom is 0.0540 e. The Morgan fingerprint density at radius 1 is 0.684 bits per heavy atom. The molecular formula is C18H36O. The van der Waals surface area contributed by atoms with Gasteiger partial charge in [-0.15, -0.1) is 0 Å². The second kappa shape index (κ2) is 15.8. The minimum Gasteiger partial charge on any atom is -0.393 e. The normalized spacial score (nSPS) is 13.2. The fourth-order valence-electron chi connectivity index (χ4n) is 2.33. The van der Waals surface area contributed by atoms with Crippen molar-refractivity contribution in [1.29, 1.82) is 0 Å². The molecule has 1 unspecified atom stereocenters. The second-order valence-corrected chi connectivity index (χ2v) is 5.75. The number of aliphatic hydroxyl groups excluding tert-OH is 1. The van der Waals surface area contributed by atoms with Crippen LogP contribution in [0.3, 0.4) is 0 Å². The maximum atomic E-state index is 9.70. The first-order valence-electron chi connectivity index (χ1n) is 8.64. The highest BCUT2D eigenvalue weighted by molar-refractivity contribution is 4.81. The predicted octanol–water partition coefficient (Wildman–Crippen LogP) is 6.01. The number of hydrogen-bond donors (Lipinski definition) is 1. The van der Waals surface area contributed by atoms with E-state index in [0.29, 0.717) is 0 Å². The molecule has 0 rings (SSSR count). The standard InChI is InChI=1S/C18H36O/c1-3-5-7-8-9-10-11-12-13-14-15-17-18(19)16-6-4-2/h12-13,18-19H,3-11,14-17H2,1-2H3/b13-12-. The molecule has 19 heavy (non-hydrogen) atoms. The molecule has 114 valence electrons. The number of allylic oxidation sites excluding steroid dienone is 2. The van der Waals surface area contributed by atoms with Crippen molar-refractivity contribution in [2.45, 2.75) is 103 Å². The Balaban J connectivity index is 3.16. The summed E-state index contributed by atoms with van der Waals surface area (Å²) < 4.78 is 0. The Kier molecular flexibility index (Phi) is 15.5. The van der Waals surface area contributed by atoms with E-state index in [1.807, 2.05) is 0 Å². The van der Waals surface area contributed by atoms with Crippen molar-refractivity contribution in [1.82, 2.24) is 0 Å². The Hall–Kier alpha value is -0.300. The zero-order valence-corrected chi connectivity index (χ0v) is 13.4. The number of hydrogen-bond acceptors (Lipinski definition) is 1. The summed E-state index contributed by atoms with van der Waals surface area (Å²) in [5, 5.41) is 9.70. The lowest BCUT2D eigenvalue weighted by Gasteiger charge is -2.07. The van der Waals surface area contributed by atoms with Crippen LogP contribution in [0.15, 0.2) is 12.2 Å². The molecule has 0 aliphatic heterocycles. The molecule has 0 amide bonds. The van der Waals surface area contributed by atoms with E-state index in [4.69, 9.17) is 0 Å². The van der Waals surface area contributed by atoms with Gasteiger partial charge in [-0.1, -0.05) is 70.9 Å². The number of unbranched alkanes of at least 4 members (excludes halogenated alkanes) is 8. The van der Waals surface area contributed by atoms with Crippen molar-refractivity contribution in [3.05, 3.63) is 12.2 Å². The quantitative estimate of drug-likeness (QED) is 0.302. The van der Waals surface area contributed by atoms with Crippen LogP contribution in [0.1, 0.15) is 97.3 Å². The van der Waals surface area contributed by atoms with Crippen molar-refractivity contribution in [2.75, 3.05) is 0 Å². The van der Waals surface area contributed by atoms with Crippen LogP contribution in [0.4, 0.5) is 0 Å². The first-order chi connectivity index (χ1) is 9.31. The van der Waals surface area contributed by atoms with Gasteiger partial charge in [0.1, 0.15) is 0 Å². The van der Waals surface area contributed by atoms with Gasteiger partial charge in [0.25, 0.3) is 0 Å². The fraction of sp³-hybridized carbons (Fsp3) is 0.889. The van der Waals surface area contributed by atoms with Gasteiger partial charge in [-0.25, -0.2) is 0 Å². The third-order valence-electron chi connectivity index (χ3n) is 3.69. The molecule has 0 aromatic carbocycles. The summed E-state index contributed by atoms with van der Waals surface area (Å²) in [6.07, 6.45) is 20.7. The molecule has 0 aromatic heterocycles. The van der Waals surface area contributed by atoms with Crippen LogP contribution in [0.25, 0.3) is 0 Å². The topological polar surface area (TPSA) is 20.2 Å². The van der Waals surface area contributed by atoms with Gasteiger partial charge in [0.2, 0.25) is 0 Å². The van der Waals surface area contributed by atoms with Gasteiger partial charge in [-0.2, -0.15) is 0 Å². The number of aliphatic hydroxyl groups is 1. The minimum absolute atomic E-state index is 0.0630. The highest BCUT2D eigenvalue weighted by atomic mass is 16.3. The van der Waals surface area contributed by atoms with E-state index >= 15 is 0 Å². The second-order valence-electron chi connectivity index (χ2n) is 5.75. The van der Waals surface area contributed by atoms with Crippen molar-refractivity contribution in [3.63, 3.8) is 0 Å². The van der Waals surface area contributed by atoms with Crippen LogP contribution < -0.4 is 0 Å². The van der Waals surface area contributed by atoms with Gasteiger partial charge in [-0.05, 0) is 38.5 Å². The fourth-order valence-corrected chi connectivity index (χ4v) is 2.33. The van der Waals surface area contributed by atoms with Crippen LogP contribution in [0, 0.1) is 0 Å². The Morgan fingerprint density at radius 3 is 1.89 bits per heavy atom. The van der Waals surface area contributed by atoms with E-state index in [1.54, 1.807) is 0 Å². The average Bonchev–Trinajstić information content (AvgIpc) is 2.42.